The molecule has 0 radical (unpaired) electrons. The van der Waals surface area contributed by atoms with Crippen LogP contribution < -0.4 is 5.73 Å². The number of nitrogens with two attached hydrogens (primary N) is 1. The highest BCUT2D eigenvalue weighted by Gasteiger charge is 2.33. The van der Waals surface area contributed by atoms with E-state index in [9.17, 15) is 4.79 Å². The van der Waals surface area contributed by atoms with Crippen molar-refractivity contribution in [3.63, 3.8) is 0 Å². The Kier molecular flexibility index (Phi) is 8.01. The van der Waals surface area contributed by atoms with E-state index in [-0.39, 0.29) is 26.9 Å². The van der Waals surface area contributed by atoms with E-state index in [4.69, 9.17) is 10.6 Å². The second-order valence-electron chi connectivity index (χ2n) is 8.45. The molecule has 0 unspecified atom stereocenters. The molecule has 9 heteroatoms. The van der Waals surface area contributed by atoms with Crippen molar-refractivity contribution in [1.82, 2.24) is 14.8 Å². The topological polar surface area (TPSA) is 96.4 Å². The van der Waals surface area contributed by atoms with E-state index in [1.54, 1.807) is 13.3 Å². The Hall–Kier alpha value is -2.14. The SMILES string of the molecule is CO/N=C(/C1=NI=CC=C1)C1CCN(C(=O)C2CCN(Cc3ccnc(N)c3)CC2)CC1. The van der Waals surface area contributed by atoms with Gasteiger partial charge in [0.15, 0.2) is 0 Å². The average Bonchev–Trinajstić information content (AvgIpc) is 2.83. The summed E-state index contributed by atoms with van der Waals surface area (Å²) in [7, 11) is 1.59. The van der Waals surface area contributed by atoms with Gasteiger partial charge < -0.3 is 15.5 Å². The number of nitrogen functional groups attached to an aromatic ring is 1. The number of pyridine rings is 1. The number of aromatic nitrogens is 1. The normalized spacial score (nSPS) is 21.2. The van der Waals surface area contributed by atoms with Crippen molar-refractivity contribution in [1.29, 1.82) is 0 Å². The van der Waals surface area contributed by atoms with Gasteiger partial charge in [-0.1, -0.05) is 11.2 Å². The lowest BCUT2D eigenvalue weighted by Crippen LogP contribution is -2.46. The quantitative estimate of drug-likeness (QED) is 0.334. The number of carbonyl (C=O) groups excluding carboxylic acids is 1. The van der Waals surface area contributed by atoms with Crippen LogP contribution in [0.15, 0.2) is 38.8 Å². The Morgan fingerprint density at radius 2 is 1.97 bits per heavy atom. The van der Waals surface area contributed by atoms with E-state index in [0.29, 0.717) is 17.6 Å². The largest absolute Gasteiger partial charge is 0.399 e. The smallest absolute Gasteiger partial charge is 0.225 e. The first-order valence-corrected chi connectivity index (χ1v) is 13.4. The van der Waals surface area contributed by atoms with E-state index in [1.165, 1.54) is 5.56 Å². The predicted molar refractivity (Wildman–Crippen MR) is 137 cm³/mol. The highest BCUT2D eigenvalue weighted by molar-refractivity contribution is 14.2. The maximum atomic E-state index is 13.2. The van der Waals surface area contributed by atoms with Crippen LogP contribution in [-0.4, -0.2) is 69.4 Å². The van der Waals surface area contributed by atoms with Crippen molar-refractivity contribution in [2.24, 2.45) is 20.2 Å². The van der Waals surface area contributed by atoms with Gasteiger partial charge in [0, 0.05) is 58.7 Å². The number of amides is 1. The molecule has 0 aliphatic carbocycles. The van der Waals surface area contributed by atoms with Crippen LogP contribution >= 0.6 is 21.0 Å². The third-order valence-corrected chi connectivity index (χ3v) is 7.89. The summed E-state index contributed by atoms with van der Waals surface area (Å²) in [5.41, 5.74) is 8.86. The van der Waals surface area contributed by atoms with Crippen LogP contribution in [0.5, 0.6) is 0 Å². The zero-order chi connectivity index (χ0) is 22.3. The van der Waals surface area contributed by atoms with Gasteiger partial charge >= 0.3 is 0 Å². The van der Waals surface area contributed by atoms with Crippen LogP contribution in [0.1, 0.15) is 31.2 Å². The summed E-state index contributed by atoms with van der Waals surface area (Å²) in [6.45, 7) is 4.29. The number of rotatable bonds is 6. The van der Waals surface area contributed by atoms with Crippen LogP contribution in [-0.2, 0) is 16.2 Å². The van der Waals surface area contributed by atoms with E-state index in [2.05, 4.69) is 33.2 Å². The van der Waals surface area contributed by atoms with Crippen LogP contribution in [0.25, 0.3) is 0 Å². The maximum absolute atomic E-state index is 13.2. The molecule has 4 heterocycles. The molecule has 0 atom stereocenters. The van der Waals surface area contributed by atoms with Gasteiger partial charge in [0.05, 0.1) is 5.71 Å². The molecule has 8 nitrogen and oxygen atoms in total. The molecule has 172 valence electrons. The van der Waals surface area contributed by atoms with Gasteiger partial charge in [0.1, 0.15) is 18.6 Å². The molecular weight excluding hydrogens is 519 g/mol. The number of nitrogens with zero attached hydrogens (tertiary/aromatic N) is 5. The second-order valence-corrected chi connectivity index (χ2v) is 10.2. The lowest BCUT2D eigenvalue weighted by molar-refractivity contribution is -0.138. The summed E-state index contributed by atoms with van der Waals surface area (Å²) < 4.78 is 6.80. The summed E-state index contributed by atoms with van der Waals surface area (Å²) in [4.78, 5) is 26.8. The van der Waals surface area contributed by atoms with E-state index >= 15 is 0 Å². The number of carbonyl (C=O) groups is 1. The van der Waals surface area contributed by atoms with E-state index in [0.717, 1.165) is 69.8 Å². The first-order chi connectivity index (χ1) is 15.6. The summed E-state index contributed by atoms with van der Waals surface area (Å²) in [5.74, 6) is 1.29. The number of oxime groups is 1. The minimum absolute atomic E-state index is 0.128. The fourth-order valence-corrected chi connectivity index (χ4v) is 5.91. The molecule has 3 aliphatic heterocycles. The molecule has 1 amide bonds. The molecule has 1 aromatic rings. The second kappa shape index (κ2) is 11.1. The van der Waals surface area contributed by atoms with Crippen molar-refractivity contribution in [3.05, 3.63) is 36.0 Å². The fourth-order valence-electron chi connectivity index (χ4n) is 4.65. The lowest BCUT2D eigenvalue weighted by atomic mass is 9.88. The summed E-state index contributed by atoms with van der Waals surface area (Å²) in [6, 6.07) is 3.94. The molecule has 3 aliphatic rings. The van der Waals surface area contributed by atoms with Gasteiger partial charge in [-0.2, -0.15) is 0 Å². The summed E-state index contributed by atoms with van der Waals surface area (Å²) >= 11 is -0.282. The van der Waals surface area contributed by atoms with Gasteiger partial charge in [-0.25, -0.2) is 8.19 Å². The molecule has 0 spiro atoms. The maximum Gasteiger partial charge on any atom is 0.225 e. The third kappa shape index (κ3) is 5.80. The van der Waals surface area contributed by atoms with Crippen molar-refractivity contribution in [3.8, 4) is 0 Å². The van der Waals surface area contributed by atoms with Crippen molar-refractivity contribution in [2.75, 3.05) is 39.0 Å². The number of anilines is 1. The average molecular weight is 550 g/mol. The number of piperidine rings is 2. The monoisotopic (exact) mass is 550 g/mol. The molecule has 4 rings (SSSR count). The molecule has 0 aromatic carbocycles. The zero-order valence-corrected chi connectivity index (χ0v) is 20.6. The molecule has 1 aromatic heterocycles. The highest BCUT2D eigenvalue weighted by atomic mass is 127. The molecular formula is C23H31IN6O2. The van der Waals surface area contributed by atoms with Crippen molar-refractivity contribution in [2.45, 2.75) is 32.2 Å². The standard InChI is InChI=1S/C23H31IN6O2/c1-32-28-22(20-3-2-9-24-27-20)18-7-13-30(14-8-18)23(31)19-5-11-29(12-6-19)16-17-4-10-26-21(25)15-17/h2-4,9-10,15,18-19H,5-8,11-14,16H2,1H3,(H2,25,26)/b28-22+. The summed E-state index contributed by atoms with van der Waals surface area (Å²) in [6.07, 6.45) is 9.48. The Bertz CT molecular complexity index is 928. The van der Waals surface area contributed by atoms with Gasteiger partial charge in [0.25, 0.3) is 0 Å². The van der Waals surface area contributed by atoms with Gasteiger partial charge in [-0.15, -0.1) is 0 Å². The molecule has 32 heavy (non-hydrogen) atoms. The van der Waals surface area contributed by atoms with Crippen molar-refractivity contribution >= 4 is 48.2 Å². The minimum atomic E-state index is -0.282. The van der Waals surface area contributed by atoms with Crippen LogP contribution in [0.3, 0.4) is 0 Å². The third-order valence-electron chi connectivity index (χ3n) is 6.36. The molecule has 0 saturated carbocycles. The number of allylic oxidation sites excluding steroid dienone is 2. The molecule has 2 saturated heterocycles. The number of likely N-dealkylation sites (tertiary alicyclic amines) is 2. The Balaban J connectivity index is 1.26. The Morgan fingerprint density at radius 3 is 2.62 bits per heavy atom. The fraction of sp³-hybridized carbons (Fsp3) is 0.522. The lowest BCUT2D eigenvalue weighted by Gasteiger charge is -2.37. The van der Waals surface area contributed by atoms with Crippen LogP contribution in [0.2, 0.25) is 0 Å². The first kappa shape index (κ1) is 23.0. The molecule has 2 fully saturated rings. The van der Waals surface area contributed by atoms with E-state index < -0.39 is 0 Å². The van der Waals surface area contributed by atoms with E-state index in [1.807, 2.05) is 18.2 Å². The van der Waals surface area contributed by atoms with Gasteiger partial charge in [-0.3, -0.25) is 9.69 Å². The number of hydrogen-bond donors (Lipinski definition) is 1. The van der Waals surface area contributed by atoms with Crippen LogP contribution in [0.4, 0.5) is 5.82 Å². The molecule has 0 bridgehead atoms. The van der Waals surface area contributed by atoms with Crippen LogP contribution in [0, 0.1) is 11.8 Å². The van der Waals surface area contributed by atoms with Crippen molar-refractivity contribution < 1.29 is 9.63 Å². The minimum Gasteiger partial charge on any atom is -0.399 e. The highest BCUT2D eigenvalue weighted by Crippen LogP contribution is 2.26. The number of halogens is 1. The van der Waals surface area contributed by atoms with Gasteiger partial charge in [-0.05, 0) is 66.6 Å². The Labute approximate surface area is 199 Å². The Morgan fingerprint density at radius 1 is 1.22 bits per heavy atom. The summed E-state index contributed by atoms with van der Waals surface area (Å²) in [5, 5.41) is 4.30. The first-order valence-electron chi connectivity index (χ1n) is 11.2. The van der Waals surface area contributed by atoms with Gasteiger partial charge in [0.2, 0.25) is 5.91 Å². The number of hydrogen-bond acceptors (Lipinski definition) is 7. The molecule has 2 N–H and O–H groups in total. The zero-order valence-electron chi connectivity index (χ0n) is 18.5. The predicted octanol–water partition coefficient (Wildman–Crippen LogP) is 2.82.